The topological polar surface area (TPSA) is 227 Å². The summed E-state index contributed by atoms with van der Waals surface area (Å²) in [5.74, 6) is -2.85. The molecule has 1 aromatic heterocycles. The molecule has 0 spiro atoms. The van der Waals surface area contributed by atoms with Crippen LogP contribution >= 0.6 is 0 Å². The van der Waals surface area contributed by atoms with Crippen LogP contribution in [0.25, 0.3) is 0 Å². The Morgan fingerprint density at radius 2 is 2.00 bits per heavy atom. The summed E-state index contributed by atoms with van der Waals surface area (Å²) in [4.78, 5) is 54.5. The number of carboxylic acids is 2. The number of aromatic amines is 1. The smallest absolute Gasteiger partial charge is 0.326 e. The fourth-order valence-corrected chi connectivity index (χ4v) is 3.42. The zero-order chi connectivity index (χ0) is 24.8. The lowest BCUT2D eigenvalue weighted by Crippen LogP contribution is -2.49. The van der Waals surface area contributed by atoms with Crippen molar-refractivity contribution >= 4 is 47.3 Å². The van der Waals surface area contributed by atoms with E-state index in [1.807, 2.05) is 0 Å². The summed E-state index contributed by atoms with van der Waals surface area (Å²) in [6.45, 7) is 0.728. The summed E-state index contributed by atoms with van der Waals surface area (Å²) in [5.41, 5.74) is 6.14. The van der Waals surface area contributed by atoms with Gasteiger partial charge in [-0.3, -0.25) is 24.8 Å². The van der Waals surface area contributed by atoms with Crippen LogP contribution in [-0.2, 0) is 9.59 Å². The normalized spacial score (nSPS) is 15.4. The summed E-state index contributed by atoms with van der Waals surface area (Å²) in [7, 11) is 0. The van der Waals surface area contributed by atoms with Crippen molar-refractivity contribution in [2.75, 3.05) is 34.4 Å². The Balaban J connectivity index is 1.62. The Bertz CT molecular complexity index is 1150. The molecule has 1 aliphatic rings. The number of nitrogens with zero attached hydrogens (tertiary/aromatic N) is 2. The average molecular weight is 472 g/mol. The number of aromatic nitrogens is 2. The monoisotopic (exact) mass is 472 g/mol. The third kappa shape index (κ3) is 5.59. The molecule has 3 rings (SSSR count). The quantitative estimate of drug-likeness (QED) is 0.166. The molecule has 1 unspecified atom stereocenters. The van der Waals surface area contributed by atoms with Crippen LogP contribution in [0.15, 0.2) is 29.1 Å². The molecule has 2 heterocycles. The van der Waals surface area contributed by atoms with Crippen LogP contribution in [0.5, 0.6) is 0 Å². The largest absolute Gasteiger partial charge is 0.481 e. The minimum absolute atomic E-state index is 0.0292. The number of amides is 1. The van der Waals surface area contributed by atoms with Gasteiger partial charge in [0.25, 0.3) is 11.5 Å². The van der Waals surface area contributed by atoms with Gasteiger partial charge in [-0.25, -0.2) is 4.79 Å². The van der Waals surface area contributed by atoms with Gasteiger partial charge in [0, 0.05) is 30.8 Å². The number of carbonyl (C=O) groups is 3. The summed E-state index contributed by atoms with van der Waals surface area (Å²) in [6, 6.07) is 4.61. The van der Waals surface area contributed by atoms with E-state index in [2.05, 4.69) is 25.9 Å². The van der Waals surface area contributed by atoms with E-state index in [1.165, 1.54) is 17.0 Å². The summed E-state index contributed by atoms with van der Waals surface area (Å²) in [5, 5.41) is 34.1. The lowest BCUT2D eigenvalue weighted by atomic mass is 10.1. The first-order valence-corrected chi connectivity index (χ1v) is 10.2. The van der Waals surface area contributed by atoms with Crippen LogP contribution in [0.3, 0.4) is 0 Å². The lowest BCUT2D eigenvalue weighted by molar-refractivity contribution is -0.140. The predicted octanol–water partition coefficient (Wildman–Crippen LogP) is -0.280. The SMILES string of the molecule is N=CN1c2c(nc(N)[nH]c2=O)NCC1CNc1ccc(C(=O)N[C@@H](CCC(=O)O)C(=O)O)cc1. The van der Waals surface area contributed by atoms with Gasteiger partial charge >= 0.3 is 11.9 Å². The number of H-pyrrole nitrogens is 1. The van der Waals surface area contributed by atoms with E-state index in [0.717, 1.165) is 6.34 Å². The molecular formula is C20H24N8O6. The lowest BCUT2D eigenvalue weighted by Gasteiger charge is -2.35. The van der Waals surface area contributed by atoms with Crippen LogP contribution in [0.2, 0.25) is 0 Å². The van der Waals surface area contributed by atoms with Crippen LogP contribution in [-0.4, -0.2) is 69.5 Å². The van der Waals surface area contributed by atoms with Crippen molar-refractivity contribution in [3.63, 3.8) is 0 Å². The Morgan fingerprint density at radius 1 is 1.29 bits per heavy atom. The van der Waals surface area contributed by atoms with Crippen molar-refractivity contribution in [3.8, 4) is 0 Å². The molecule has 180 valence electrons. The minimum Gasteiger partial charge on any atom is -0.481 e. The van der Waals surface area contributed by atoms with Crippen molar-refractivity contribution < 1.29 is 24.6 Å². The Morgan fingerprint density at radius 3 is 2.62 bits per heavy atom. The molecule has 2 atom stereocenters. The standard InChI is InChI=1S/C20H24N8O6/c21-9-28-12(8-24-16-15(28)18(32)27-20(22)26-16)7-23-11-3-1-10(2-4-11)17(31)25-13(19(33)34)5-6-14(29)30/h1-4,9,12-13,21,23H,5-8H2,(H,25,31)(H,29,30)(H,33,34)(H4,22,24,26,27,32)/t12?,13-/m0/s1. The summed E-state index contributed by atoms with van der Waals surface area (Å²) in [6.07, 6.45) is 0.418. The van der Waals surface area contributed by atoms with E-state index in [-0.39, 0.29) is 36.1 Å². The molecule has 1 amide bonds. The second-order valence-electron chi connectivity index (χ2n) is 7.47. The van der Waals surface area contributed by atoms with Gasteiger partial charge in [0.2, 0.25) is 5.95 Å². The van der Waals surface area contributed by atoms with Gasteiger partial charge in [-0.15, -0.1) is 0 Å². The van der Waals surface area contributed by atoms with Gasteiger partial charge in [0.15, 0.2) is 11.5 Å². The highest BCUT2D eigenvalue weighted by atomic mass is 16.4. The number of carboxylic acid groups (broad SMARTS) is 2. The molecule has 9 N–H and O–H groups in total. The molecule has 14 nitrogen and oxygen atoms in total. The molecule has 0 fully saturated rings. The molecule has 0 radical (unpaired) electrons. The highest BCUT2D eigenvalue weighted by molar-refractivity contribution is 5.97. The van der Waals surface area contributed by atoms with Crippen LogP contribution in [0, 0.1) is 5.41 Å². The zero-order valence-corrected chi connectivity index (χ0v) is 17.9. The number of hydrogen-bond donors (Lipinski definition) is 8. The third-order valence-electron chi connectivity index (χ3n) is 5.15. The molecular weight excluding hydrogens is 448 g/mol. The number of hydrogen-bond acceptors (Lipinski definition) is 9. The Labute approximate surface area is 192 Å². The number of aliphatic carboxylic acids is 2. The van der Waals surface area contributed by atoms with Crippen molar-refractivity contribution in [2.45, 2.75) is 24.9 Å². The number of nitrogens with one attached hydrogen (secondary N) is 5. The second kappa shape index (κ2) is 10.3. The molecule has 0 aliphatic carbocycles. The first-order chi connectivity index (χ1) is 16.2. The summed E-state index contributed by atoms with van der Waals surface area (Å²) >= 11 is 0. The highest BCUT2D eigenvalue weighted by Gasteiger charge is 2.29. The Kier molecular flexibility index (Phi) is 7.30. The van der Waals surface area contributed by atoms with Gasteiger partial charge in [-0.2, -0.15) is 4.98 Å². The van der Waals surface area contributed by atoms with E-state index >= 15 is 0 Å². The molecule has 1 aromatic carbocycles. The number of rotatable bonds is 10. The molecule has 2 aromatic rings. The van der Waals surface area contributed by atoms with Crippen LogP contribution < -0.4 is 32.1 Å². The van der Waals surface area contributed by atoms with Gasteiger partial charge in [-0.05, 0) is 30.7 Å². The fraction of sp³-hybridized carbons (Fsp3) is 0.300. The van der Waals surface area contributed by atoms with Gasteiger partial charge in [-0.1, -0.05) is 0 Å². The van der Waals surface area contributed by atoms with E-state index < -0.39 is 29.4 Å². The molecule has 14 heteroatoms. The van der Waals surface area contributed by atoms with E-state index in [1.54, 1.807) is 12.1 Å². The van der Waals surface area contributed by atoms with Crippen molar-refractivity contribution in [1.82, 2.24) is 15.3 Å². The van der Waals surface area contributed by atoms with E-state index in [4.69, 9.17) is 16.2 Å². The maximum absolute atomic E-state index is 12.3. The molecule has 34 heavy (non-hydrogen) atoms. The number of carbonyl (C=O) groups excluding carboxylic acids is 1. The number of fused-ring (bicyclic) bond motifs is 1. The predicted molar refractivity (Wildman–Crippen MR) is 124 cm³/mol. The van der Waals surface area contributed by atoms with Gasteiger partial charge in [0.1, 0.15) is 6.04 Å². The maximum atomic E-state index is 12.3. The number of anilines is 4. The van der Waals surface area contributed by atoms with E-state index in [9.17, 15) is 24.3 Å². The molecule has 0 bridgehead atoms. The van der Waals surface area contributed by atoms with Crippen molar-refractivity contribution in [2.24, 2.45) is 0 Å². The fourth-order valence-electron chi connectivity index (χ4n) is 3.42. The molecule has 0 saturated carbocycles. The van der Waals surface area contributed by atoms with Gasteiger partial charge in [0.05, 0.1) is 12.4 Å². The average Bonchev–Trinajstić information content (AvgIpc) is 2.79. The maximum Gasteiger partial charge on any atom is 0.326 e. The van der Waals surface area contributed by atoms with Crippen molar-refractivity contribution in [3.05, 3.63) is 40.2 Å². The molecule has 1 aliphatic heterocycles. The minimum atomic E-state index is -1.32. The number of nitrogens with two attached hydrogens (primary N) is 1. The Hall–Kier alpha value is -4.62. The first kappa shape index (κ1) is 24.0. The first-order valence-electron chi connectivity index (χ1n) is 10.2. The van der Waals surface area contributed by atoms with Crippen LogP contribution in [0.4, 0.5) is 23.1 Å². The zero-order valence-electron chi connectivity index (χ0n) is 17.9. The van der Waals surface area contributed by atoms with Crippen LogP contribution in [0.1, 0.15) is 23.2 Å². The number of benzene rings is 1. The number of nitrogen functional groups attached to an aromatic ring is 1. The second-order valence-corrected chi connectivity index (χ2v) is 7.47. The van der Waals surface area contributed by atoms with Crippen molar-refractivity contribution in [1.29, 1.82) is 5.41 Å². The van der Waals surface area contributed by atoms with Gasteiger partial charge < -0.3 is 36.8 Å². The summed E-state index contributed by atoms with van der Waals surface area (Å²) < 4.78 is 0. The third-order valence-corrected chi connectivity index (χ3v) is 5.15. The molecule has 0 saturated heterocycles. The highest BCUT2D eigenvalue weighted by Crippen LogP contribution is 2.25. The van der Waals surface area contributed by atoms with E-state index in [0.29, 0.717) is 24.6 Å².